The van der Waals surface area contributed by atoms with Crippen molar-refractivity contribution in [3.8, 4) is 0 Å². The second-order valence-corrected chi connectivity index (χ2v) is 10.8. The van der Waals surface area contributed by atoms with E-state index in [4.69, 9.17) is 9.40 Å². The van der Waals surface area contributed by atoms with Crippen molar-refractivity contribution in [1.29, 1.82) is 0 Å². The molecular formula is C26H38N4O2S. The van der Waals surface area contributed by atoms with Crippen LogP contribution in [0.2, 0.25) is 0 Å². The Labute approximate surface area is 202 Å². The third-order valence-electron chi connectivity index (χ3n) is 6.93. The highest BCUT2D eigenvalue weighted by Crippen LogP contribution is 2.33. The molecule has 0 saturated carbocycles. The van der Waals surface area contributed by atoms with E-state index in [9.17, 15) is 4.79 Å². The van der Waals surface area contributed by atoms with Crippen molar-refractivity contribution in [2.45, 2.75) is 50.0 Å². The molecule has 1 fully saturated rings. The summed E-state index contributed by atoms with van der Waals surface area (Å²) >= 11 is 1.92. The molecular weight excluding hydrogens is 432 g/mol. The number of hydrogen-bond acceptors (Lipinski definition) is 6. The normalized spacial score (nSPS) is 26.4. The monoisotopic (exact) mass is 470 g/mol. The molecule has 2 heterocycles. The van der Waals surface area contributed by atoms with Crippen molar-refractivity contribution in [3.63, 3.8) is 0 Å². The number of thioether (sulfide) groups is 1. The standard InChI is InChI=1S/C26H38N4O2S/c1-19-4-10-23(11-5-19)33-18-24-20(2)32-26(28-24)22-8-6-21(7-9-22)25(31)27-12-13-30-16-14-29(3)15-17-30/h4-6,8,10,21-23H,7,9,11-18H2,1-3H3,(H,27,31). The summed E-state index contributed by atoms with van der Waals surface area (Å²) in [5.41, 5.74) is 2.39. The second kappa shape index (κ2) is 11.5. The Kier molecular flexibility index (Phi) is 8.50. The molecule has 1 N–H and O–H groups in total. The van der Waals surface area contributed by atoms with Crippen molar-refractivity contribution in [1.82, 2.24) is 20.1 Å². The summed E-state index contributed by atoms with van der Waals surface area (Å²) in [6.07, 6.45) is 13.8. The zero-order valence-electron chi connectivity index (χ0n) is 20.3. The largest absolute Gasteiger partial charge is 0.445 e. The van der Waals surface area contributed by atoms with E-state index in [1.807, 2.05) is 18.7 Å². The van der Waals surface area contributed by atoms with Gasteiger partial charge < -0.3 is 14.6 Å². The smallest absolute Gasteiger partial charge is 0.226 e. The van der Waals surface area contributed by atoms with Gasteiger partial charge in [0, 0.05) is 50.3 Å². The Balaban J connectivity index is 1.21. The minimum Gasteiger partial charge on any atom is -0.445 e. The zero-order valence-corrected chi connectivity index (χ0v) is 21.1. The molecule has 3 atom stereocenters. The lowest BCUT2D eigenvalue weighted by atomic mass is 9.88. The minimum atomic E-state index is -0.0468. The van der Waals surface area contributed by atoms with Gasteiger partial charge in [0.2, 0.25) is 11.8 Å². The third-order valence-corrected chi connectivity index (χ3v) is 8.15. The summed E-state index contributed by atoms with van der Waals surface area (Å²) in [6, 6.07) is 0. The van der Waals surface area contributed by atoms with E-state index < -0.39 is 0 Å². The van der Waals surface area contributed by atoms with Crippen molar-refractivity contribution in [2.75, 3.05) is 46.3 Å². The van der Waals surface area contributed by atoms with E-state index >= 15 is 0 Å². The Morgan fingerprint density at radius 1 is 1.18 bits per heavy atom. The van der Waals surface area contributed by atoms with E-state index in [0.29, 0.717) is 5.25 Å². The fraction of sp³-hybridized carbons (Fsp3) is 0.615. The summed E-state index contributed by atoms with van der Waals surface area (Å²) in [5.74, 6) is 2.84. The number of nitrogens with one attached hydrogen (secondary N) is 1. The van der Waals surface area contributed by atoms with E-state index in [2.05, 4.69) is 59.5 Å². The van der Waals surface area contributed by atoms with Gasteiger partial charge in [-0.3, -0.25) is 9.69 Å². The first kappa shape index (κ1) is 24.3. The molecule has 2 aliphatic carbocycles. The summed E-state index contributed by atoms with van der Waals surface area (Å²) < 4.78 is 6.03. The van der Waals surface area contributed by atoms with Gasteiger partial charge in [-0.25, -0.2) is 4.98 Å². The molecule has 1 aromatic heterocycles. The molecule has 0 radical (unpaired) electrons. The lowest BCUT2D eigenvalue weighted by molar-refractivity contribution is -0.124. The maximum absolute atomic E-state index is 12.6. The molecule has 1 saturated heterocycles. The summed E-state index contributed by atoms with van der Waals surface area (Å²) in [5, 5.41) is 3.64. The van der Waals surface area contributed by atoms with Crippen LogP contribution in [0.5, 0.6) is 0 Å². The Hall–Kier alpha value is -1.83. The average Bonchev–Trinajstić information content (AvgIpc) is 3.20. The maximum Gasteiger partial charge on any atom is 0.226 e. The number of likely N-dealkylation sites (N-methyl/N-ethyl adjacent to an activating group) is 1. The fourth-order valence-electron chi connectivity index (χ4n) is 4.54. The van der Waals surface area contributed by atoms with Crippen LogP contribution in [0.25, 0.3) is 0 Å². The number of allylic oxidation sites excluding steroid dienone is 4. The summed E-state index contributed by atoms with van der Waals surface area (Å²) in [4.78, 5) is 22.2. The fourth-order valence-corrected chi connectivity index (χ4v) is 5.61. The Morgan fingerprint density at radius 3 is 2.70 bits per heavy atom. The van der Waals surface area contributed by atoms with Crippen LogP contribution in [0, 0.1) is 12.8 Å². The van der Waals surface area contributed by atoms with Crippen LogP contribution in [0.15, 0.2) is 40.4 Å². The SMILES string of the molecule is CC1=CCC(SCc2nc(C3C=CC(C(=O)NCCN4CCN(C)CC4)CC3)oc2C)C=C1. The van der Waals surface area contributed by atoms with Crippen LogP contribution in [0.1, 0.15) is 49.4 Å². The first-order valence-corrected chi connectivity index (χ1v) is 13.3. The van der Waals surface area contributed by atoms with Crippen molar-refractivity contribution in [2.24, 2.45) is 5.92 Å². The maximum atomic E-state index is 12.6. The van der Waals surface area contributed by atoms with Gasteiger partial charge in [-0.05, 0) is 40.2 Å². The van der Waals surface area contributed by atoms with Crippen molar-refractivity contribution < 1.29 is 9.21 Å². The first-order valence-electron chi connectivity index (χ1n) is 12.3. The lowest BCUT2D eigenvalue weighted by Gasteiger charge is -2.32. The van der Waals surface area contributed by atoms with Gasteiger partial charge >= 0.3 is 0 Å². The van der Waals surface area contributed by atoms with Crippen molar-refractivity contribution >= 4 is 17.7 Å². The molecule has 4 rings (SSSR count). The Morgan fingerprint density at radius 2 is 2.00 bits per heavy atom. The molecule has 33 heavy (non-hydrogen) atoms. The number of aryl methyl sites for hydroxylation is 1. The van der Waals surface area contributed by atoms with Gasteiger partial charge in [0.15, 0.2) is 0 Å². The predicted molar refractivity (Wildman–Crippen MR) is 135 cm³/mol. The van der Waals surface area contributed by atoms with Crippen LogP contribution in [-0.2, 0) is 10.5 Å². The van der Waals surface area contributed by atoms with E-state index in [1.165, 1.54) is 5.57 Å². The van der Waals surface area contributed by atoms with Crippen LogP contribution in [0.4, 0.5) is 0 Å². The topological polar surface area (TPSA) is 61.6 Å². The van der Waals surface area contributed by atoms with Gasteiger partial charge in [-0.15, -0.1) is 11.8 Å². The van der Waals surface area contributed by atoms with E-state index in [0.717, 1.165) is 81.6 Å². The predicted octanol–water partition coefficient (Wildman–Crippen LogP) is 3.90. The number of piperazine rings is 1. The lowest BCUT2D eigenvalue weighted by Crippen LogP contribution is -2.47. The van der Waals surface area contributed by atoms with Gasteiger partial charge in [0.05, 0.1) is 17.5 Å². The molecule has 1 amide bonds. The molecule has 1 aromatic rings. The molecule has 0 spiro atoms. The van der Waals surface area contributed by atoms with Gasteiger partial charge in [0.25, 0.3) is 0 Å². The summed E-state index contributed by atoms with van der Waals surface area (Å²) in [7, 11) is 2.16. The number of carbonyl (C=O) groups is 1. The molecule has 0 bridgehead atoms. The first-order chi connectivity index (χ1) is 16.0. The quantitative estimate of drug-likeness (QED) is 0.582. The molecule has 7 heteroatoms. The highest BCUT2D eigenvalue weighted by Gasteiger charge is 2.26. The van der Waals surface area contributed by atoms with Gasteiger partial charge in [-0.2, -0.15) is 0 Å². The van der Waals surface area contributed by atoms with Crippen LogP contribution in [-0.4, -0.2) is 72.3 Å². The number of carbonyl (C=O) groups excluding carboxylic acids is 1. The zero-order chi connectivity index (χ0) is 23.2. The number of hydrogen-bond donors (Lipinski definition) is 1. The van der Waals surface area contributed by atoms with E-state index in [1.54, 1.807) is 0 Å². The third kappa shape index (κ3) is 6.84. The Bertz CT molecular complexity index is 898. The van der Waals surface area contributed by atoms with Crippen LogP contribution in [0.3, 0.4) is 0 Å². The molecule has 180 valence electrons. The molecule has 3 aliphatic rings. The van der Waals surface area contributed by atoms with E-state index in [-0.39, 0.29) is 17.7 Å². The van der Waals surface area contributed by atoms with Gasteiger partial charge in [-0.1, -0.05) is 36.0 Å². The minimum absolute atomic E-state index is 0.0468. The number of amides is 1. The van der Waals surface area contributed by atoms with Gasteiger partial charge in [0.1, 0.15) is 5.76 Å². The highest BCUT2D eigenvalue weighted by atomic mass is 32.2. The van der Waals surface area contributed by atoms with Crippen LogP contribution >= 0.6 is 11.8 Å². The van der Waals surface area contributed by atoms with Crippen LogP contribution < -0.4 is 5.32 Å². The second-order valence-electron chi connectivity index (χ2n) is 9.56. The average molecular weight is 471 g/mol. The molecule has 6 nitrogen and oxygen atoms in total. The highest BCUT2D eigenvalue weighted by molar-refractivity contribution is 7.99. The van der Waals surface area contributed by atoms with Crippen molar-refractivity contribution in [3.05, 3.63) is 53.3 Å². The molecule has 3 unspecified atom stereocenters. The summed E-state index contributed by atoms with van der Waals surface area (Å²) in [6.45, 7) is 10.2. The number of nitrogens with zero attached hydrogens (tertiary/aromatic N) is 3. The number of oxazole rings is 1. The number of rotatable bonds is 8. The molecule has 1 aliphatic heterocycles. The molecule has 0 aromatic carbocycles. The number of aromatic nitrogens is 1.